The standard InChI is InChI=1S/C6H5BrF2IN/c7-6(10)4(11)2-1-3(8)5(6)9/h1-2,4H,11H2. The molecule has 0 aliphatic heterocycles. The van der Waals surface area contributed by atoms with E-state index in [1.165, 1.54) is 6.08 Å². The number of alkyl halides is 2. The van der Waals surface area contributed by atoms with Crippen LogP contribution in [-0.2, 0) is 0 Å². The molecule has 2 atom stereocenters. The molecule has 0 aromatic carbocycles. The molecule has 0 saturated heterocycles. The second kappa shape index (κ2) is 3.10. The summed E-state index contributed by atoms with van der Waals surface area (Å²) in [6.45, 7) is 0. The van der Waals surface area contributed by atoms with Gasteiger partial charge in [-0.1, -0.05) is 44.6 Å². The van der Waals surface area contributed by atoms with Gasteiger partial charge in [-0.05, 0) is 6.08 Å². The van der Waals surface area contributed by atoms with Gasteiger partial charge in [0.15, 0.2) is 11.7 Å². The molecule has 0 heterocycles. The first-order valence-corrected chi connectivity index (χ1v) is 4.71. The van der Waals surface area contributed by atoms with Crippen LogP contribution in [0.4, 0.5) is 8.78 Å². The van der Waals surface area contributed by atoms with Crippen LogP contribution in [0.15, 0.2) is 23.8 Å². The normalized spacial score (nSPS) is 38.1. The van der Waals surface area contributed by atoms with Crippen molar-refractivity contribution in [1.82, 2.24) is 0 Å². The lowest BCUT2D eigenvalue weighted by Gasteiger charge is -2.26. The van der Waals surface area contributed by atoms with Gasteiger partial charge in [0, 0.05) is 0 Å². The Morgan fingerprint density at radius 3 is 2.64 bits per heavy atom. The fraction of sp³-hybridized carbons (Fsp3) is 0.333. The van der Waals surface area contributed by atoms with Gasteiger partial charge in [0.05, 0.1) is 6.04 Å². The van der Waals surface area contributed by atoms with Gasteiger partial charge in [0.2, 0.25) is 0 Å². The Hall–Kier alpha value is 0.510. The first-order chi connectivity index (χ1) is 4.96. The van der Waals surface area contributed by atoms with Crippen LogP contribution in [0.25, 0.3) is 0 Å². The van der Waals surface area contributed by atoms with Crippen molar-refractivity contribution < 1.29 is 8.78 Å². The maximum Gasteiger partial charge on any atom is 0.164 e. The molecule has 2 N–H and O–H groups in total. The fourth-order valence-electron chi connectivity index (χ4n) is 0.688. The maximum atomic E-state index is 12.9. The highest BCUT2D eigenvalue weighted by atomic mass is 127. The SMILES string of the molecule is NC1C=CC(F)=C(F)C1(Br)I. The molecule has 0 radical (unpaired) electrons. The van der Waals surface area contributed by atoms with Crippen LogP contribution in [-0.4, -0.2) is 8.37 Å². The van der Waals surface area contributed by atoms with Crippen LogP contribution in [0.3, 0.4) is 0 Å². The minimum Gasteiger partial charge on any atom is -0.322 e. The highest BCUT2D eigenvalue weighted by Crippen LogP contribution is 2.43. The zero-order valence-electron chi connectivity index (χ0n) is 5.32. The summed E-state index contributed by atoms with van der Waals surface area (Å²) in [7, 11) is 0. The molecule has 1 aliphatic rings. The molecule has 0 aromatic heterocycles. The van der Waals surface area contributed by atoms with E-state index in [2.05, 4.69) is 15.9 Å². The van der Waals surface area contributed by atoms with Gasteiger partial charge in [-0.3, -0.25) is 0 Å². The highest BCUT2D eigenvalue weighted by molar-refractivity contribution is 14.1. The number of allylic oxidation sites excluding steroid dienone is 2. The number of nitrogens with two attached hydrogens (primary N) is 1. The third-order valence-electron chi connectivity index (χ3n) is 1.37. The number of hydrogen-bond acceptors (Lipinski definition) is 1. The highest BCUT2D eigenvalue weighted by Gasteiger charge is 2.39. The summed E-state index contributed by atoms with van der Waals surface area (Å²) in [5.74, 6) is -1.72. The predicted molar refractivity (Wildman–Crippen MR) is 52.0 cm³/mol. The van der Waals surface area contributed by atoms with Crippen molar-refractivity contribution in [1.29, 1.82) is 0 Å². The third kappa shape index (κ3) is 1.65. The Bertz CT molecular complexity index is 237. The maximum absolute atomic E-state index is 12.9. The zero-order chi connectivity index (χ0) is 8.65. The minimum absolute atomic E-state index is 0.539. The van der Waals surface area contributed by atoms with Gasteiger partial charge in [0.25, 0.3) is 0 Å². The molecule has 0 spiro atoms. The van der Waals surface area contributed by atoms with Crippen molar-refractivity contribution in [2.45, 2.75) is 8.37 Å². The van der Waals surface area contributed by atoms with Gasteiger partial charge < -0.3 is 5.73 Å². The lowest BCUT2D eigenvalue weighted by atomic mass is 10.1. The minimum atomic E-state index is -1.12. The Morgan fingerprint density at radius 1 is 1.64 bits per heavy atom. The summed E-state index contributed by atoms with van der Waals surface area (Å²) in [5.41, 5.74) is 5.48. The zero-order valence-corrected chi connectivity index (χ0v) is 9.06. The molecule has 1 aliphatic carbocycles. The molecule has 5 heteroatoms. The topological polar surface area (TPSA) is 26.0 Å². The third-order valence-corrected chi connectivity index (χ3v) is 3.44. The largest absolute Gasteiger partial charge is 0.322 e. The van der Waals surface area contributed by atoms with E-state index in [0.717, 1.165) is 6.08 Å². The van der Waals surface area contributed by atoms with Crippen LogP contribution < -0.4 is 5.73 Å². The van der Waals surface area contributed by atoms with Crippen molar-refractivity contribution in [3.8, 4) is 0 Å². The first-order valence-electron chi connectivity index (χ1n) is 2.83. The monoisotopic (exact) mass is 335 g/mol. The van der Waals surface area contributed by atoms with Gasteiger partial charge in [0.1, 0.15) is 2.33 Å². The van der Waals surface area contributed by atoms with Crippen molar-refractivity contribution in [2.24, 2.45) is 5.73 Å². The molecule has 62 valence electrons. The Kier molecular flexibility index (Phi) is 2.70. The Labute approximate surface area is 85.0 Å². The summed E-state index contributed by atoms with van der Waals surface area (Å²) in [6.07, 6.45) is 2.46. The number of halogens is 4. The van der Waals surface area contributed by atoms with Crippen molar-refractivity contribution in [3.05, 3.63) is 23.8 Å². The molecule has 0 fully saturated rings. The van der Waals surface area contributed by atoms with E-state index in [0.29, 0.717) is 0 Å². The van der Waals surface area contributed by atoms with Crippen LogP contribution in [0.1, 0.15) is 0 Å². The van der Waals surface area contributed by atoms with Crippen LogP contribution >= 0.6 is 38.5 Å². The second-order valence-electron chi connectivity index (χ2n) is 2.17. The molecule has 0 amide bonds. The summed E-state index contributed by atoms with van der Waals surface area (Å²) in [4.78, 5) is 0. The van der Waals surface area contributed by atoms with E-state index in [9.17, 15) is 8.78 Å². The molecule has 0 aromatic rings. The molecular weight excluding hydrogens is 331 g/mol. The smallest absolute Gasteiger partial charge is 0.164 e. The average molecular weight is 336 g/mol. The molecule has 1 nitrogen and oxygen atoms in total. The van der Waals surface area contributed by atoms with E-state index in [4.69, 9.17) is 5.73 Å². The fourth-order valence-corrected chi connectivity index (χ4v) is 1.49. The quantitative estimate of drug-likeness (QED) is 0.534. The summed E-state index contributed by atoms with van der Waals surface area (Å²) >= 11 is 4.73. The van der Waals surface area contributed by atoms with Crippen LogP contribution in [0, 0.1) is 0 Å². The number of rotatable bonds is 0. The van der Waals surface area contributed by atoms with Crippen molar-refractivity contribution in [2.75, 3.05) is 0 Å². The Morgan fingerprint density at radius 2 is 2.18 bits per heavy atom. The summed E-state index contributed by atoms with van der Waals surface area (Å²) < 4.78 is 24.4. The molecule has 11 heavy (non-hydrogen) atoms. The molecule has 2 unspecified atom stereocenters. The van der Waals surface area contributed by atoms with E-state index in [-0.39, 0.29) is 0 Å². The molecule has 0 saturated carbocycles. The van der Waals surface area contributed by atoms with Crippen molar-refractivity contribution in [3.63, 3.8) is 0 Å². The summed E-state index contributed by atoms with van der Waals surface area (Å²) in [5, 5.41) is 0. The Balaban J connectivity index is 3.07. The second-order valence-corrected chi connectivity index (χ2v) is 6.60. The number of hydrogen-bond donors (Lipinski definition) is 1. The van der Waals surface area contributed by atoms with Gasteiger partial charge in [-0.2, -0.15) is 0 Å². The van der Waals surface area contributed by atoms with Gasteiger partial charge in [-0.25, -0.2) is 8.78 Å². The molecule has 0 bridgehead atoms. The predicted octanol–water partition coefficient (Wildman–Crippen LogP) is 2.56. The lowest BCUT2D eigenvalue weighted by Crippen LogP contribution is -2.38. The molecular formula is C6H5BrF2IN. The van der Waals surface area contributed by atoms with E-state index < -0.39 is 20.0 Å². The molecule has 1 rings (SSSR count). The van der Waals surface area contributed by atoms with Crippen molar-refractivity contribution >= 4 is 38.5 Å². The van der Waals surface area contributed by atoms with Gasteiger partial charge in [-0.15, -0.1) is 0 Å². The lowest BCUT2D eigenvalue weighted by molar-refractivity contribution is 0.503. The van der Waals surface area contributed by atoms with E-state index in [1.54, 1.807) is 22.6 Å². The van der Waals surface area contributed by atoms with Gasteiger partial charge >= 0.3 is 0 Å². The first kappa shape index (κ1) is 9.60. The van der Waals surface area contributed by atoms with E-state index >= 15 is 0 Å². The summed E-state index contributed by atoms with van der Waals surface area (Å²) in [6, 6.07) is -0.539. The van der Waals surface area contributed by atoms with Crippen LogP contribution in [0.5, 0.6) is 0 Å². The average Bonchev–Trinajstić information content (AvgIpc) is 1.95. The van der Waals surface area contributed by atoms with E-state index in [1.807, 2.05) is 0 Å². The van der Waals surface area contributed by atoms with Crippen LogP contribution in [0.2, 0.25) is 0 Å².